The number of nitrogens with zero attached hydrogens (tertiary/aromatic N) is 3. The van der Waals surface area contributed by atoms with Gasteiger partial charge in [0.2, 0.25) is 0 Å². The number of aryl methyl sites for hydroxylation is 1. The Balaban J connectivity index is 1.58. The van der Waals surface area contributed by atoms with Crippen LogP contribution < -0.4 is 21.3 Å². The highest BCUT2D eigenvalue weighted by atomic mass is 35.5. The van der Waals surface area contributed by atoms with Gasteiger partial charge in [-0.15, -0.1) is 0 Å². The number of carboxylic acid groups (broad SMARTS) is 1. The van der Waals surface area contributed by atoms with Gasteiger partial charge in [0, 0.05) is 20.0 Å². The number of carbonyl (C=O) groups is 2. The number of nitrogens with one attached hydrogen (secondary N) is 1. The predicted octanol–water partition coefficient (Wildman–Crippen LogP) is 4.14. The molecule has 1 amide bonds. The molecule has 1 aromatic heterocycles. The Morgan fingerprint density at radius 1 is 1.00 bits per heavy atom. The third-order valence-corrected chi connectivity index (χ3v) is 7.87. The zero-order chi connectivity index (χ0) is 31.3. The molecule has 0 saturated heterocycles. The molecule has 0 aliphatic rings. The van der Waals surface area contributed by atoms with Crippen molar-refractivity contribution in [1.82, 2.24) is 19.4 Å². The van der Waals surface area contributed by atoms with Crippen molar-refractivity contribution in [3.63, 3.8) is 0 Å². The van der Waals surface area contributed by atoms with Gasteiger partial charge in [-0.3, -0.25) is 14.2 Å². The van der Waals surface area contributed by atoms with Gasteiger partial charge < -0.3 is 20.1 Å². The zero-order valence-corrected chi connectivity index (χ0v) is 25.5. The number of fused-ring (bicyclic) bond motifs is 1. The number of ether oxygens (including phenoxy) is 1. The highest BCUT2D eigenvalue weighted by molar-refractivity contribution is 6.39. The van der Waals surface area contributed by atoms with E-state index < -0.39 is 29.2 Å². The van der Waals surface area contributed by atoms with Crippen LogP contribution in [0.5, 0.6) is 5.75 Å². The minimum absolute atomic E-state index is 0.0172. The highest BCUT2D eigenvalue weighted by Gasteiger charge is 2.24. The summed E-state index contributed by atoms with van der Waals surface area (Å²) in [6.45, 7) is 7.18. The van der Waals surface area contributed by atoms with Crippen LogP contribution >= 0.6 is 23.2 Å². The van der Waals surface area contributed by atoms with Gasteiger partial charge in [-0.05, 0) is 61.1 Å². The van der Waals surface area contributed by atoms with E-state index in [1.54, 1.807) is 55.6 Å². The molecule has 10 nitrogen and oxygen atoms in total. The highest BCUT2D eigenvalue weighted by Crippen LogP contribution is 2.24. The Labute approximate surface area is 258 Å². The van der Waals surface area contributed by atoms with Gasteiger partial charge in [-0.2, -0.15) is 0 Å². The summed E-state index contributed by atoms with van der Waals surface area (Å²) in [6, 6.07) is 14.6. The largest absolute Gasteiger partial charge is 0.492 e. The summed E-state index contributed by atoms with van der Waals surface area (Å²) in [6.07, 6.45) is -0.0672. The number of hydrogen-bond acceptors (Lipinski definition) is 6. The molecule has 4 aromatic rings. The zero-order valence-electron chi connectivity index (χ0n) is 24.0. The van der Waals surface area contributed by atoms with Gasteiger partial charge in [-0.25, -0.2) is 14.2 Å². The van der Waals surface area contributed by atoms with Crippen molar-refractivity contribution in [2.45, 2.75) is 26.3 Å². The summed E-state index contributed by atoms with van der Waals surface area (Å²) in [7, 11) is 1.58. The second-order valence-electron chi connectivity index (χ2n) is 9.87. The molecule has 0 spiro atoms. The fourth-order valence-corrected chi connectivity index (χ4v) is 5.32. The molecular weight excluding hydrogens is 595 g/mol. The predicted molar refractivity (Wildman–Crippen MR) is 167 cm³/mol. The Morgan fingerprint density at radius 2 is 1.65 bits per heavy atom. The van der Waals surface area contributed by atoms with Crippen molar-refractivity contribution in [1.29, 1.82) is 0 Å². The van der Waals surface area contributed by atoms with Gasteiger partial charge in [-0.1, -0.05) is 55.2 Å². The van der Waals surface area contributed by atoms with Crippen molar-refractivity contribution in [2.75, 3.05) is 26.2 Å². The molecule has 3 aromatic carbocycles. The van der Waals surface area contributed by atoms with Crippen molar-refractivity contribution in [2.24, 2.45) is 7.05 Å². The number of amides is 1. The van der Waals surface area contributed by atoms with Crippen LogP contribution in [-0.4, -0.2) is 63.3 Å². The number of aliphatic carboxylic acids is 1. The summed E-state index contributed by atoms with van der Waals surface area (Å²) in [5, 5.41) is 12.7. The maximum absolute atomic E-state index is 13.5. The Hall–Kier alpha value is -4.12. The van der Waals surface area contributed by atoms with E-state index in [0.717, 1.165) is 24.2 Å². The van der Waals surface area contributed by atoms with Crippen LogP contribution in [0.15, 0.2) is 70.3 Å². The first-order chi connectivity index (χ1) is 20.5. The lowest BCUT2D eigenvalue weighted by Gasteiger charge is -2.18. The van der Waals surface area contributed by atoms with Gasteiger partial charge >= 0.3 is 11.7 Å². The molecule has 4 rings (SSSR count). The molecule has 1 atom stereocenters. The van der Waals surface area contributed by atoms with Crippen LogP contribution in [0.25, 0.3) is 16.6 Å². The summed E-state index contributed by atoms with van der Waals surface area (Å²) >= 11 is 12.2. The quantitative estimate of drug-likeness (QED) is 0.242. The van der Waals surface area contributed by atoms with E-state index in [0.29, 0.717) is 34.5 Å². The third-order valence-electron chi connectivity index (χ3n) is 7.24. The molecule has 226 valence electrons. The van der Waals surface area contributed by atoms with E-state index in [9.17, 15) is 24.3 Å². The fourth-order valence-electron chi connectivity index (χ4n) is 4.75. The molecular formula is C31H32Cl2N4O6. The number of hydrogen-bond donors (Lipinski definition) is 2. The molecule has 0 bridgehead atoms. The van der Waals surface area contributed by atoms with Gasteiger partial charge in [0.05, 0.1) is 32.2 Å². The Bertz CT molecular complexity index is 1740. The smallest absolute Gasteiger partial charge is 0.335 e. The Morgan fingerprint density at radius 3 is 2.26 bits per heavy atom. The van der Waals surface area contributed by atoms with Crippen molar-refractivity contribution >= 4 is 46.0 Å². The number of likely N-dealkylation sites (N-methyl/N-ethyl adjacent to an activating group) is 1. The Kier molecular flexibility index (Phi) is 10.3. The number of carbonyl (C=O) groups excluding carboxylic acids is 1. The first-order valence-corrected chi connectivity index (χ1v) is 14.5. The molecule has 2 N–H and O–H groups in total. The number of benzene rings is 3. The van der Waals surface area contributed by atoms with Crippen LogP contribution in [0, 0.1) is 0 Å². The molecule has 12 heteroatoms. The van der Waals surface area contributed by atoms with Crippen LogP contribution in [0.3, 0.4) is 0 Å². The van der Waals surface area contributed by atoms with Gasteiger partial charge in [0.1, 0.15) is 18.4 Å². The first-order valence-electron chi connectivity index (χ1n) is 13.7. The third kappa shape index (κ3) is 7.10. The fraction of sp³-hybridized carbons (Fsp3) is 0.290. The number of carboxylic acids is 1. The van der Waals surface area contributed by atoms with Gasteiger partial charge in [0.15, 0.2) is 0 Å². The maximum Gasteiger partial charge on any atom is 0.335 e. The lowest BCUT2D eigenvalue weighted by atomic mass is 10.0. The molecule has 0 unspecified atom stereocenters. The lowest BCUT2D eigenvalue weighted by Crippen LogP contribution is -2.42. The lowest BCUT2D eigenvalue weighted by molar-refractivity contribution is -0.139. The van der Waals surface area contributed by atoms with Crippen molar-refractivity contribution in [3.8, 4) is 11.4 Å². The topological polar surface area (TPSA) is 123 Å². The molecule has 0 aliphatic heterocycles. The van der Waals surface area contributed by atoms with E-state index >= 15 is 0 Å². The first kappa shape index (κ1) is 31.8. The summed E-state index contributed by atoms with van der Waals surface area (Å²) in [5.41, 5.74) is 0.272. The van der Waals surface area contributed by atoms with Crippen LogP contribution in [-0.2, 0) is 18.3 Å². The summed E-state index contributed by atoms with van der Waals surface area (Å²) in [4.78, 5) is 53.7. The monoisotopic (exact) mass is 626 g/mol. The van der Waals surface area contributed by atoms with E-state index in [4.69, 9.17) is 27.9 Å². The summed E-state index contributed by atoms with van der Waals surface area (Å²) in [5.74, 6) is -1.45. The molecule has 1 heterocycles. The van der Waals surface area contributed by atoms with Crippen molar-refractivity contribution in [3.05, 3.63) is 103 Å². The number of rotatable bonds is 12. The van der Waals surface area contributed by atoms with Gasteiger partial charge in [0.25, 0.3) is 11.5 Å². The van der Waals surface area contributed by atoms with E-state index in [1.165, 1.54) is 16.7 Å². The second kappa shape index (κ2) is 13.9. The minimum atomic E-state index is -1.29. The molecule has 0 aliphatic carbocycles. The normalized spacial score (nSPS) is 12.0. The summed E-state index contributed by atoms with van der Waals surface area (Å²) < 4.78 is 8.34. The average Bonchev–Trinajstić information content (AvgIpc) is 2.98. The van der Waals surface area contributed by atoms with Crippen LogP contribution in [0.2, 0.25) is 10.0 Å². The van der Waals surface area contributed by atoms with E-state index in [2.05, 4.69) is 24.1 Å². The maximum atomic E-state index is 13.5. The number of aromatic nitrogens is 2. The van der Waals surface area contributed by atoms with E-state index in [-0.39, 0.29) is 22.0 Å². The van der Waals surface area contributed by atoms with E-state index in [1.807, 2.05) is 0 Å². The molecule has 0 saturated carbocycles. The number of halogens is 2. The average molecular weight is 628 g/mol. The van der Waals surface area contributed by atoms with Crippen LogP contribution in [0.4, 0.5) is 0 Å². The molecule has 0 fully saturated rings. The standard InChI is InChI=1S/C31H32Cl2N4O6/c1-4-36(5-2)15-16-43-21-13-14-26-22(18-21)29(39)37(31(42)35(26)3)20-11-9-19(10-12-20)17-25(30(40)41)34-28(38)27-23(32)7-6-8-24(27)33/h6-14,18,25H,4-5,15-17H2,1-3H3,(H,34,38)(H,40,41)/t25-/m0/s1. The van der Waals surface area contributed by atoms with Crippen molar-refractivity contribution < 1.29 is 19.4 Å². The second-order valence-corrected chi connectivity index (χ2v) is 10.7. The SMILES string of the molecule is CCN(CC)CCOc1ccc2c(c1)c(=O)n(-c1ccc(C[C@H](NC(=O)c3c(Cl)cccc3Cl)C(=O)O)cc1)c(=O)n2C. The molecule has 43 heavy (non-hydrogen) atoms. The molecule has 0 radical (unpaired) electrons. The van der Waals surface area contributed by atoms with Crippen LogP contribution in [0.1, 0.15) is 29.8 Å². The minimum Gasteiger partial charge on any atom is -0.492 e.